The molecule has 1 rings (SSSR count). The number of ether oxygens (including phenoxy) is 1. The highest BCUT2D eigenvalue weighted by atomic mass is 16.5. The smallest absolute Gasteiger partial charge is 0.318 e. The molecule has 0 bridgehead atoms. The number of imide groups is 1. The molecule has 0 spiro atoms. The molecule has 0 heterocycles. The van der Waals surface area contributed by atoms with Gasteiger partial charge in [0.15, 0.2) is 6.10 Å². The Bertz CT molecular complexity index is 311. The summed E-state index contributed by atoms with van der Waals surface area (Å²) >= 11 is 0. The topological polar surface area (TPSA) is 98.5 Å². The summed E-state index contributed by atoms with van der Waals surface area (Å²) in [6.07, 6.45) is 3.80. The number of esters is 1. The molecule has 1 fully saturated rings. The summed E-state index contributed by atoms with van der Waals surface area (Å²) in [5, 5.41) is 1.87. The van der Waals surface area contributed by atoms with Crippen molar-refractivity contribution in [1.82, 2.24) is 5.32 Å². The Balaban J connectivity index is 2.38. The van der Waals surface area contributed by atoms with E-state index in [1.54, 1.807) is 0 Å². The van der Waals surface area contributed by atoms with Crippen LogP contribution in [0.1, 0.15) is 39.0 Å². The number of nitrogens with one attached hydrogen (secondary N) is 1. The van der Waals surface area contributed by atoms with Gasteiger partial charge in [0.05, 0.1) is 5.92 Å². The van der Waals surface area contributed by atoms with Crippen LogP contribution < -0.4 is 11.1 Å². The van der Waals surface area contributed by atoms with Gasteiger partial charge in [0.25, 0.3) is 5.91 Å². The minimum absolute atomic E-state index is 0.118. The van der Waals surface area contributed by atoms with Crippen LogP contribution in [0.5, 0.6) is 0 Å². The molecule has 0 aromatic heterocycles. The number of hydrogen-bond acceptors (Lipinski definition) is 4. The van der Waals surface area contributed by atoms with Crippen LogP contribution >= 0.6 is 0 Å². The Labute approximate surface area is 99.9 Å². The SMILES string of the molecule is CC(OC(=O)C1CCCCC1)C(=O)NC(N)=O. The minimum atomic E-state index is -0.989. The van der Waals surface area contributed by atoms with Crippen LogP contribution in [0.2, 0.25) is 0 Å². The van der Waals surface area contributed by atoms with E-state index in [1.165, 1.54) is 6.92 Å². The molecule has 96 valence electrons. The molecule has 0 aliphatic heterocycles. The second-order valence-electron chi connectivity index (χ2n) is 4.27. The number of rotatable bonds is 3. The van der Waals surface area contributed by atoms with Gasteiger partial charge in [-0.05, 0) is 19.8 Å². The fourth-order valence-electron chi connectivity index (χ4n) is 1.89. The first-order valence-electron chi connectivity index (χ1n) is 5.81. The van der Waals surface area contributed by atoms with Crippen LogP contribution in [0, 0.1) is 5.92 Å². The Morgan fingerprint density at radius 3 is 2.35 bits per heavy atom. The molecule has 6 nitrogen and oxygen atoms in total. The van der Waals surface area contributed by atoms with E-state index < -0.39 is 18.0 Å². The molecule has 0 aromatic rings. The molecule has 0 saturated heterocycles. The zero-order valence-corrected chi connectivity index (χ0v) is 9.90. The highest BCUT2D eigenvalue weighted by Gasteiger charge is 2.26. The quantitative estimate of drug-likeness (QED) is 0.711. The lowest BCUT2D eigenvalue weighted by molar-refractivity contribution is -0.159. The van der Waals surface area contributed by atoms with E-state index in [2.05, 4.69) is 0 Å². The molecule has 0 aromatic carbocycles. The molecule has 17 heavy (non-hydrogen) atoms. The lowest BCUT2D eigenvalue weighted by Crippen LogP contribution is -2.42. The molecular formula is C11H18N2O4. The second-order valence-corrected chi connectivity index (χ2v) is 4.27. The standard InChI is InChI=1S/C11H18N2O4/c1-7(9(14)13-11(12)16)17-10(15)8-5-3-2-4-6-8/h7-8H,2-6H2,1H3,(H3,12,13,14,16). The van der Waals surface area contributed by atoms with Gasteiger partial charge in [-0.15, -0.1) is 0 Å². The molecule has 1 atom stereocenters. The first kappa shape index (κ1) is 13.5. The van der Waals surface area contributed by atoms with Crippen LogP contribution in [-0.4, -0.2) is 24.0 Å². The van der Waals surface area contributed by atoms with Gasteiger partial charge in [-0.1, -0.05) is 19.3 Å². The number of amides is 3. The van der Waals surface area contributed by atoms with Gasteiger partial charge in [-0.2, -0.15) is 0 Å². The van der Waals surface area contributed by atoms with Crippen molar-refractivity contribution in [1.29, 1.82) is 0 Å². The fraction of sp³-hybridized carbons (Fsp3) is 0.727. The maximum atomic E-state index is 11.7. The van der Waals surface area contributed by atoms with Crippen molar-refractivity contribution in [3.8, 4) is 0 Å². The average Bonchev–Trinajstić information content (AvgIpc) is 2.29. The van der Waals surface area contributed by atoms with Crippen LogP contribution in [0.15, 0.2) is 0 Å². The van der Waals surface area contributed by atoms with Crippen molar-refractivity contribution in [3.63, 3.8) is 0 Å². The Hall–Kier alpha value is -1.59. The molecule has 1 saturated carbocycles. The largest absolute Gasteiger partial charge is 0.452 e. The maximum absolute atomic E-state index is 11.7. The first-order valence-corrected chi connectivity index (χ1v) is 5.81. The highest BCUT2D eigenvalue weighted by Crippen LogP contribution is 2.24. The summed E-state index contributed by atoms with van der Waals surface area (Å²) in [5.41, 5.74) is 4.79. The van der Waals surface area contributed by atoms with Crippen molar-refractivity contribution in [2.45, 2.75) is 45.1 Å². The minimum Gasteiger partial charge on any atom is -0.452 e. The van der Waals surface area contributed by atoms with Crippen LogP contribution in [-0.2, 0) is 14.3 Å². The molecule has 1 aliphatic carbocycles. The zero-order chi connectivity index (χ0) is 12.8. The van der Waals surface area contributed by atoms with E-state index in [4.69, 9.17) is 10.5 Å². The maximum Gasteiger partial charge on any atom is 0.318 e. The summed E-state index contributed by atoms with van der Waals surface area (Å²) in [6.45, 7) is 1.42. The van der Waals surface area contributed by atoms with E-state index in [0.29, 0.717) is 0 Å². The van der Waals surface area contributed by atoms with Crippen molar-refractivity contribution >= 4 is 17.9 Å². The van der Waals surface area contributed by atoms with E-state index in [1.807, 2.05) is 5.32 Å². The van der Waals surface area contributed by atoms with E-state index in [0.717, 1.165) is 32.1 Å². The van der Waals surface area contributed by atoms with Gasteiger partial charge in [-0.25, -0.2) is 4.79 Å². The van der Waals surface area contributed by atoms with Crippen LogP contribution in [0.3, 0.4) is 0 Å². The van der Waals surface area contributed by atoms with Crippen molar-refractivity contribution in [2.24, 2.45) is 11.7 Å². The summed E-state index contributed by atoms with van der Waals surface area (Å²) in [7, 11) is 0. The predicted molar refractivity (Wildman–Crippen MR) is 59.9 cm³/mol. The lowest BCUT2D eigenvalue weighted by atomic mass is 9.89. The number of carbonyl (C=O) groups is 3. The van der Waals surface area contributed by atoms with E-state index >= 15 is 0 Å². The lowest BCUT2D eigenvalue weighted by Gasteiger charge is -2.21. The molecule has 1 unspecified atom stereocenters. The monoisotopic (exact) mass is 242 g/mol. The summed E-state index contributed by atoms with van der Waals surface area (Å²) in [5.74, 6) is -1.17. The third kappa shape index (κ3) is 4.42. The van der Waals surface area contributed by atoms with Crippen molar-refractivity contribution in [3.05, 3.63) is 0 Å². The fourth-order valence-corrected chi connectivity index (χ4v) is 1.89. The number of urea groups is 1. The average molecular weight is 242 g/mol. The van der Waals surface area contributed by atoms with Crippen molar-refractivity contribution in [2.75, 3.05) is 0 Å². The normalized spacial score (nSPS) is 18.2. The Morgan fingerprint density at radius 1 is 1.24 bits per heavy atom. The second kappa shape index (κ2) is 6.22. The third-order valence-corrected chi connectivity index (χ3v) is 2.85. The van der Waals surface area contributed by atoms with Gasteiger partial charge in [0.1, 0.15) is 0 Å². The van der Waals surface area contributed by atoms with E-state index in [-0.39, 0.29) is 11.9 Å². The van der Waals surface area contributed by atoms with Gasteiger partial charge >= 0.3 is 12.0 Å². The zero-order valence-electron chi connectivity index (χ0n) is 9.90. The van der Waals surface area contributed by atoms with Crippen LogP contribution in [0.25, 0.3) is 0 Å². The molecule has 0 radical (unpaired) electrons. The highest BCUT2D eigenvalue weighted by molar-refractivity contribution is 5.96. The summed E-state index contributed by atoms with van der Waals surface area (Å²) in [4.78, 5) is 33.4. The van der Waals surface area contributed by atoms with Gasteiger partial charge in [0.2, 0.25) is 0 Å². The van der Waals surface area contributed by atoms with Gasteiger partial charge < -0.3 is 10.5 Å². The molecule has 6 heteroatoms. The molecule has 3 amide bonds. The summed E-state index contributed by atoms with van der Waals surface area (Å²) < 4.78 is 4.99. The first-order chi connectivity index (χ1) is 8.00. The third-order valence-electron chi connectivity index (χ3n) is 2.85. The van der Waals surface area contributed by atoms with E-state index in [9.17, 15) is 14.4 Å². The number of hydrogen-bond donors (Lipinski definition) is 2. The van der Waals surface area contributed by atoms with Crippen LogP contribution in [0.4, 0.5) is 4.79 Å². The molecule has 3 N–H and O–H groups in total. The Kier molecular flexibility index (Phi) is 4.93. The van der Waals surface area contributed by atoms with Gasteiger partial charge in [0, 0.05) is 0 Å². The molecule has 1 aliphatic rings. The van der Waals surface area contributed by atoms with Crippen molar-refractivity contribution < 1.29 is 19.1 Å². The predicted octanol–water partition coefficient (Wildman–Crippen LogP) is 0.693. The number of nitrogens with two attached hydrogens (primary N) is 1. The van der Waals surface area contributed by atoms with Gasteiger partial charge in [-0.3, -0.25) is 14.9 Å². The Morgan fingerprint density at radius 2 is 1.82 bits per heavy atom. The number of carbonyl (C=O) groups excluding carboxylic acids is 3. The summed E-state index contributed by atoms with van der Waals surface area (Å²) in [6, 6.07) is -0.949. The molecular weight excluding hydrogens is 224 g/mol. The number of primary amides is 1.